The summed E-state index contributed by atoms with van der Waals surface area (Å²) < 4.78 is 39.2. The second kappa shape index (κ2) is 4.24. The van der Waals surface area contributed by atoms with E-state index in [1.165, 1.54) is 6.07 Å². The number of alkyl halides is 3. The molecule has 1 nitrogen and oxygen atoms in total. The Hall–Kier alpha value is -1.07. The molecule has 0 fully saturated rings. The highest BCUT2D eigenvalue weighted by atomic mass is 79.9. The molecule has 0 saturated heterocycles. The maximum Gasteiger partial charge on any atom is 0.421 e. The standard InChI is InChI=1S/C13H10BrF3O/c1-12(18,13(15,16)17)11-7-9(14)6-8-4-2-3-5-10(8)11/h2-7,18H,1H3. The molecule has 0 heterocycles. The van der Waals surface area contributed by atoms with Crippen LogP contribution in [0.2, 0.25) is 0 Å². The molecule has 0 saturated carbocycles. The summed E-state index contributed by atoms with van der Waals surface area (Å²) in [5.74, 6) is 0. The molecule has 18 heavy (non-hydrogen) atoms. The molecule has 0 aromatic heterocycles. The Morgan fingerprint density at radius 1 is 1.11 bits per heavy atom. The lowest BCUT2D eigenvalue weighted by atomic mass is 9.90. The Kier molecular flexibility index (Phi) is 3.15. The van der Waals surface area contributed by atoms with Gasteiger partial charge in [0.1, 0.15) is 0 Å². The number of hydrogen-bond acceptors (Lipinski definition) is 1. The van der Waals surface area contributed by atoms with Crippen molar-refractivity contribution in [2.24, 2.45) is 0 Å². The molecular formula is C13H10BrF3O. The van der Waals surface area contributed by atoms with E-state index in [1.54, 1.807) is 30.3 Å². The maximum absolute atomic E-state index is 12.9. The number of hydrogen-bond donors (Lipinski definition) is 1. The van der Waals surface area contributed by atoms with Gasteiger partial charge in [0.2, 0.25) is 0 Å². The van der Waals surface area contributed by atoms with Crippen LogP contribution < -0.4 is 0 Å². The smallest absolute Gasteiger partial charge is 0.376 e. The average molecular weight is 319 g/mol. The van der Waals surface area contributed by atoms with Crippen LogP contribution in [0.4, 0.5) is 13.2 Å². The van der Waals surface area contributed by atoms with E-state index in [0.29, 0.717) is 15.2 Å². The second-order valence-electron chi connectivity index (χ2n) is 4.24. The van der Waals surface area contributed by atoms with Gasteiger partial charge in [0.05, 0.1) is 0 Å². The number of fused-ring (bicyclic) bond motifs is 1. The molecule has 1 atom stereocenters. The fraction of sp³-hybridized carbons (Fsp3) is 0.231. The molecule has 2 aromatic carbocycles. The van der Waals surface area contributed by atoms with Crippen LogP contribution in [-0.2, 0) is 5.60 Å². The Morgan fingerprint density at radius 3 is 2.33 bits per heavy atom. The van der Waals surface area contributed by atoms with Gasteiger partial charge in [0, 0.05) is 10.0 Å². The quantitative estimate of drug-likeness (QED) is 0.827. The first-order chi connectivity index (χ1) is 8.23. The van der Waals surface area contributed by atoms with Crippen LogP contribution >= 0.6 is 15.9 Å². The summed E-state index contributed by atoms with van der Waals surface area (Å²) in [5, 5.41) is 10.8. The molecular weight excluding hydrogens is 309 g/mol. The van der Waals surface area contributed by atoms with Crippen LogP contribution in [0.5, 0.6) is 0 Å². The van der Waals surface area contributed by atoms with E-state index in [0.717, 1.165) is 6.92 Å². The van der Waals surface area contributed by atoms with Crippen molar-refractivity contribution in [3.05, 3.63) is 46.4 Å². The van der Waals surface area contributed by atoms with Gasteiger partial charge in [-0.05, 0) is 29.8 Å². The maximum atomic E-state index is 12.9. The van der Waals surface area contributed by atoms with Crippen molar-refractivity contribution in [2.45, 2.75) is 18.7 Å². The Morgan fingerprint density at radius 2 is 1.72 bits per heavy atom. The zero-order chi connectivity index (χ0) is 13.6. The summed E-state index contributed by atoms with van der Waals surface area (Å²) in [6.45, 7) is 0.765. The lowest BCUT2D eigenvalue weighted by molar-refractivity contribution is -0.258. The first-order valence-electron chi connectivity index (χ1n) is 5.21. The summed E-state index contributed by atoms with van der Waals surface area (Å²) in [4.78, 5) is 0. The third-order valence-electron chi connectivity index (χ3n) is 2.90. The summed E-state index contributed by atoms with van der Waals surface area (Å²) >= 11 is 3.16. The van der Waals surface area contributed by atoms with Gasteiger partial charge in [0.25, 0.3) is 0 Å². The van der Waals surface area contributed by atoms with Gasteiger partial charge in [-0.1, -0.05) is 40.2 Å². The molecule has 0 amide bonds. The topological polar surface area (TPSA) is 20.2 Å². The van der Waals surface area contributed by atoms with Crippen molar-refractivity contribution in [3.8, 4) is 0 Å². The third-order valence-corrected chi connectivity index (χ3v) is 3.36. The molecule has 2 rings (SSSR count). The van der Waals surface area contributed by atoms with Gasteiger partial charge < -0.3 is 5.11 Å². The first-order valence-corrected chi connectivity index (χ1v) is 6.00. The van der Waals surface area contributed by atoms with Gasteiger partial charge in [0.15, 0.2) is 5.60 Å². The highest BCUT2D eigenvalue weighted by Crippen LogP contribution is 2.42. The van der Waals surface area contributed by atoms with E-state index in [2.05, 4.69) is 15.9 Å². The van der Waals surface area contributed by atoms with Gasteiger partial charge >= 0.3 is 6.18 Å². The molecule has 0 radical (unpaired) electrons. The first kappa shape index (κ1) is 13.4. The number of benzene rings is 2. The number of halogens is 4. The lowest BCUT2D eigenvalue weighted by Gasteiger charge is -2.28. The van der Waals surface area contributed by atoms with E-state index in [-0.39, 0.29) is 5.56 Å². The molecule has 0 spiro atoms. The van der Waals surface area contributed by atoms with E-state index in [9.17, 15) is 18.3 Å². The van der Waals surface area contributed by atoms with Crippen molar-refractivity contribution in [1.82, 2.24) is 0 Å². The molecule has 1 unspecified atom stereocenters. The van der Waals surface area contributed by atoms with Crippen LogP contribution in [0, 0.1) is 0 Å². The van der Waals surface area contributed by atoms with E-state index < -0.39 is 11.8 Å². The molecule has 0 aliphatic carbocycles. The van der Waals surface area contributed by atoms with Crippen molar-refractivity contribution in [3.63, 3.8) is 0 Å². The van der Waals surface area contributed by atoms with Gasteiger partial charge in [-0.15, -0.1) is 0 Å². The molecule has 5 heteroatoms. The highest BCUT2D eigenvalue weighted by Gasteiger charge is 2.51. The minimum absolute atomic E-state index is 0.153. The predicted molar refractivity (Wildman–Crippen MR) is 67.3 cm³/mol. The van der Waals surface area contributed by atoms with Crippen molar-refractivity contribution < 1.29 is 18.3 Å². The summed E-state index contributed by atoms with van der Waals surface area (Å²) in [6.07, 6.45) is -4.73. The van der Waals surface area contributed by atoms with Gasteiger partial charge in [-0.25, -0.2) is 0 Å². The monoisotopic (exact) mass is 318 g/mol. The summed E-state index contributed by atoms with van der Waals surface area (Å²) in [7, 11) is 0. The van der Waals surface area contributed by atoms with Gasteiger partial charge in [-0.3, -0.25) is 0 Å². The van der Waals surface area contributed by atoms with E-state index in [4.69, 9.17) is 0 Å². The van der Waals surface area contributed by atoms with Crippen molar-refractivity contribution in [1.29, 1.82) is 0 Å². The van der Waals surface area contributed by atoms with Crippen molar-refractivity contribution >= 4 is 26.7 Å². The Bertz CT molecular complexity index is 590. The van der Waals surface area contributed by atoms with Crippen LogP contribution in [0.3, 0.4) is 0 Å². The summed E-state index contributed by atoms with van der Waals surface area (Å²) in [6, 6.07) is 9.67. The van der Waals surface area contributed by atoms with Crippen LogP contribution in [-0.4, -0.2) is 11.3 Å². The molecule has 2 aromatic rings. The second-order valence-corrected chi connectivity index (χ2v) is 5.16. The molecule has 0 aliphatic rings. The fourth-order valence-corrected chi connectivity index (χ4v) is 2.31. The van der Waals surface area contributed by atoms with Gasteiger partial charge in [-0.2, -0.15) is 13.2 Å². The zero-order valence-corrected chi connectivity index (χ0v) is 11.0. The zero-order valence-electron chi connectivity index (χ0n) is 9.42. The van der Waals surface area contributed by atoms with Crippen LogP contribution in [0.15, 0.2) is 40.9 Å². The fourth-order valence-electron chi connectivity index (χ4n) is 1.83. The van der Waals surface area contributed by atoms with E-state index in [1.807, 2.05) is 0 Å². The third kappa shape index (κ3) is 2.12. The lowest BCUT2D eigenvalue weighted by Crippen LogP contribution is -2.39. The highest BCUT2D eigenvalue weighted by molar-refractivity contribution is 9.10. The van der Waals surface area contributed by atoms with Crippen LogP contribution in [0.25, 0.3) is 10.8 Å². The largest absolute Gasteiger partial charge is 0.421 e. The van der Waals surface area contributed by atoms with Crippen molar-refractivity contribution in [2.75, 3.05) is 0 Å². The summed E-state index contributed by atoms with van der Waals surface area (Å²) in [5.41, 5.74) is -3.03. The number of rotatable bonds is 1. The Balaban J connectivity index is 2.79. The predicted octanol–water partition coefficient (Wildman–Crippen LogP) is 4.37. The average Bonchev–Trinajstić information content (AvgIpc) is 2.26. The number of aliphatic hydroxyl groups is 1. The van der Waals surface area contributed by atoms with Crippen LogP contribution in [0.1, 0.15) is 12.5 Å². The normalized spacial score (nSPS) is 15.7. The minimum Gasteiger partial charge on any atom is -0.376 e. The molecule has 96 valence electrons. The molecule has 0 bridgehead atoms. The molecule has 0 aliphatic heterocycles. The van der Waals surface area contributed by atoms with E-state index >= 15 is 0 Å². The minimum atomic E-state index is -4.73. The Labute approximate surface area is 110 Å². The SMILES string of the molecule is CC(O)(c1cc(Br)cc2ccccc12)C(F)(F)F. The molecule has 1 N–H and O–H groups in total.